The van der Waals surface area contributed by atoms with Gasteiger partial charge in [0.05, 0.1) is 6.61 Å². The van der Waals surface area contributed by atoms with E-state index < -0.39 is 0 Å². The lowest BCUT2D eigenvalue weighted by Gasteiger charge is -2.10. The third-order valence-electron chi connectivity index (χ3n) is 2.96. The van der Waals surface area contributed by atoms with E-state index in [1.165, 1.54) is 18.9 Å². The van der Waals surface area contributed by atoms with Crippen LogP contribution in [0.1, 0.15) is 37.8 Å². The SMILES string of the molecule is CC(N)c1ccc(OCCC2CC2)c(F)c1. The zero-order valence-corrected chi connectivity index (χ0v) is 9.58. The first-order valence-corrected chi connectivity index (χ1v) is 5.84. The van der Waals surface area contributed by atoms with Crippen LogP contribution in [-0.4, -0.2) is 6.61 Å². The summed E-state index contributed by atoms with van der Waals surface area (Å²) < 4.78 is 19.0. The lowest BCUT2D eigenvalue weighted by atomic mass is 10.1. The van der Waals surface area contributed by atoms with Crippen LogP contribution in [-0.2, 0) is 0 Å². The highest BCUT2D eigenvalue weighted by atomic mass is 19.1. The van der Waals surface area contributed by atoms with E-state index >= 15 is 0 Å². The van der Waals surface area contributed by atoms with Gasteiger partial charge in [-0.05, 0) is 37.0 Å². The van der Waals surface area contributed by atoms with Crippen LogP contribution in [0.4, 0.5) is 4.39 Å². The third-order valence-corrected chi connectivity index (χ3v) is 2.96. The molecule has 88 valence electrons. The van der Waals surface area contributed by atoms with Crippen LogP contribution < -0.4 is 10.5 Å². The zero-order chi connectivity index (χ0) is 11.5. The second-order valence-corrected chi connectivity index (χ2v) is 4.56. The van der Waals surface area contributed by atoms with Crippen molar-refractivity contribution in [2.45, 2.75) is 32.2 Å². The Morgan fingerprint density at radius 3 is 2.81 bits per heavy atom. The summed E-state index contributed by atoms with van der Waals surface area (Å²) >= 11 is 0. The molecule has 0 aliphatic heterocycles. The number of nitrogens with two attached hydrogens (primary N) is 1. The normalized spacial score (nSPS) is 17.2. The highest BCUT2D eigenvalue weighted by Gasteiger charge is 2.20. The van der Waals surface area contributed by atoms with Crippen LogP contribution in [0.15, 0.2) is 18.2 Å². The van der Waals surface area contributed by atoms with Crippen LogP contribution in [0, 0.1) is 11.7 Å². The molecule has 2 N–H and O–H groups in total. The Morgan fingerprint density at radius 2 is 2.25 bits per heavy atom. The van der Waals surface area contributed by atoms with Gasteiger partial charge in [-0.25, -0.2) is 4.39 Å². The maximum Gasteiger partial charge on any atom is 0.165 e. The molecule has 0 aromatic heterocycles. The number of rotatable bonds is 5. The summed E-state index contributed by atoms with van der Waals surface area (Å²) in [7, 11) is 0. The van der Waals surface area contributed by atoms with Crippen molar-refractivity contribution in [1.82, 2.24) is 0 Å². The molecule has 1 saturated carbocycles. The molecule has 1 aliphatic rings. The minimum atomic E-state index is -0.314. The molecule has 1 unspecified atom stereocenters. The molecule has 1 atom stereocenters. The van der Waals surface area contributed by atoms with Gasteiger partial charge in [0.2, 0.25) is 0 Å². The third kappa shape index (κ3) is 2.95. The van der Waals surface area contributed by atoms with E-state index in [1.54, 1.807) is 6.07 Å². The molecule has 0 spiro atoms. The average Bonchev–Trinajstić information content (AvgIpc) is 3.04. The maximum atomic E-state index is 13.6. The van der Waals surface area contributed by atoms with E-state index in [0.29, 0.717) is 12.4 Å². The van der Waals surface area contributed by atoms with Crippen LogP contribution in [0.5, 0.6) is 5.75 Å². The standard InChI is InChI=1S/C13H18FNO/c1-9(15)11-4-5-13(12(14)8-11)16-7-6-10-2-3-10/h4-5,8-10H,2-3,6-7,15H2,1H3. The van der Waals surface area contributed by atoms with E-state index in [9.17, 15) is 4.39 Å². The van der Waals surface area contributed by atoms with E-state index in [4.69, 9.17) is 10.5 Å². The van der Waals surface area contributed by atoms with E-state index in [1.807, 2.05) is 13.0 Å². The lowest BCUT2D eigenvalue weighted by molar-refractivity contribution is 0.288. The molecule has 2 nitrogen and oxygen atoms in total. The Kier molecular flexibility index (Phi) is 3.44. The first-order chi connectivity index (χ1) is 7.66. The van der Waals surface area contributed by atoms with Gasteiger partial charge in [0, 0.05) is 6.04 Å². The van der Waals surface area contributed by atoms with Crippen molar-refractivity contribution in [3.8, 4) is 5.75 Å². The molecule has 16 heavy (non-hydrogen) atoms. The molecule has 0 amide bonds. The van der Waals surface area contributed by atoms with Gasteiger partial charge in [0.15, 0.2) is 11.6 Å². The van der Waals surface area contributed by atoms with Gasteiger partial charge < -0.3 is 10.5 Å². The summed E-state index contributed by atoms with van der Waals surface area (Å²) in [5.74, 6) is 0.835. The van der Waals surface area contributed by atoms with Crippen LogP contribution in [0.25, 0.3) is 0 Å². The fourth-order valence-electron chi connectivity index (χ4n) is 1.66. The van der Waals surface area contributed by atoms with Crippen LogP contribution >= 0.6 is 0 Å². The van der Waals surface area contributed by atoms with Gasteiger partial charge in [-0.3, -0.25) is 0 Å². The summed E-state index contributed by atoms with van der Waals surface area (Å²) in [5, 5.41) is 0. The molecule has 1 aromatic carbocycles. The molecule has 3 heteroatoms. The second kappa shape index (κ2) is 4.83. The summed E-state index contributed by atoms with van der Waals surface area (Å²) in [6.45, 7) is 2.45. The van der Waals surface area contributed by atoms with Crippen molar-refractivity contribution in [3.63, 3.8) is 0 Å². The topological polar surface area (TPSA) is 35.2 Å². The first-order valence-electron chi connectivity index (χ1n) is 5.84. The minimum absolute atomic E-state index is 0.144. The Labute approximate surface area is 95.6 Å². The predicted molar refractivity (Wildman–Crippen MR) is 61.8 cm³/mol. The number of hydrogen-bond acceptors (Lipinski definition) is 2. The van der Waals surface area contributed by atoms with Gasteiger partial charge in [0.1, 0.15) is 0 Å². The summed E-state index contributed by atoms with van der Waals surface area (Å²) in [5.41, 5.74) is 6.47. The molecule has 1 aromatic rings. The quantitative estimate of drug-likeness (QED) is 0.832. The van der Waals surface area contributed by atoms with Gasteiger partial charge in [0.25, 0.3) is 0 Å². The number of hydrogen-bond donors (Lipinski definition) is 1. The van der Waals surface area contributed by atoms with Crippen molar-refractivity contribution in [3.05, 3.63) is 29.6 Å². The fourth-order valence-corrected chi connectivity index (χ4v) is 1.66. The summed E-state index contributed by atoms with van der Waals surface area (Å²) in [6.07, 6.45) is 3.64. The Hall–Kier alpha value is -1.09. The zero-order valence-electron chi connectivity index (χ0n) is 9.58. The Morgan fingerprint density at radius 1 is 1.50 bits per heavy atom. The van der Waals surface area contributed by atoms with Crippen molar-refractivity contribution in [2.75, 3.05) is 6.61 Å². The van der Waals surface area contributed by atoms with Gasteiger partial charge >= 0.3 is 0 Å². The lowest BCUT2D eigenvalue weighted by Crippen LogP contribution is -2.06. The highest BCUT2D eigenvalue weighted by molar-refractivity contribution is 5.30. The molecular formula is C13H18FNO. The molecule has 0 radical (unpaired) electrons. The summed E-state index contributed by atoms with van der Waals surface area (Å²) in [6, 6.07) is 4.80. The molecule has 1 aliphatic carbocycles. The smallest absolute Gasteiger partial charge is 0.165 e. The van der Waals surface area contributed by atoms with Crippen LogP contribution in [0.2, 0.25) is 0 Å². The Bertz CT molecular complexity index is 361. The Balaban J connectivity index is 1.92. The van der Waals surface area contributed by atoms with Crippen LogP contribution in [0.3, 0.4) is 0 Å². The van der Waals surface area contributed by atoms with Crippen molar-refractivity contribution in [2.24, 2.45) is 11.7 Å². The van der Waals surface area contributed by atoms with E-state index in [0.717, 1.165) is 17.9 Å². The van der Waals surface area contributed by atoms with Crippen molar-refractivity contribution >= 4 is 0 Å². The molecule has 2 rings (SSSR count). The van der Waals surface area contributed by atoms with Crippen molar-refractivity contribution < 1.29 is 9.13 Å². The first kappa shape index (κ1) is 11.4. The monoisotopic (exact) mass is 223 g/mol. The largest absolute Gasteiger partial charge is 0.491 e. The molecule has 0 bridgehead atoms. The minimum Gasteiger partial charge on any atom is -0.491 e. The number of halogens is 1. The van der Waals surface area contributed by atoms with E-state index in [-0.39, 0.29) is 11.9 Å². The van der Waals surface area contributed by atoms with Gasteiger partial charge in [-0.15, -0.1) is 0 Å². The second-order valence-electron chi connectivity index (χ2n) is 4.56. The molecule has 1 fully saturated rings. The maximum absolute atomic E-state index is 13.6. The predicted octanol–water partition coefficient (Wildman–Crippen LogP) is 3.02. The van der Waals surface area contributed by atoms with Crippen molar-refractivity contribution in [1.29, 1.82) is 0 Å². The average molecular weight is 223 g/mol. The summed E-state index contributed by atoms with van der Waals surface area (Å²) in [4.78, 5) is 0. The van der Waals surface area contributed by atoms with E-state index in [2.05, 4.69) is 0 Å². The molecule has 0 heterocycles. The van der Waals surface area contributed by atoms with Gasteiger partial charge in [-0.2, -0.15) is 0 Å². The highest BCUT2D eigenvalue weighted by Crippen LogP contribution is 2.32. The number of benzene rings is 1. The molecular weight excluding hydrogens is 205 g/mol. The van der Waals surface area contributed by atoms with Gasteiger partial charge in [-0.1, -0.05) is 18.9 Å². The molecule has 0 saturated heterocycles. The fraction of sp³-hybridized carbons (Fsp3) is 0.538. The number of ether oxygens (including phenoxy) is 1.